The predicted molar refractivity (Wildman–Crippen MR) is 143 cm³/mol. The number of carbonyl (C=O) groups excluding carboxylic acids is 2. The van der Waals surface area contributed by atoms with Gasteiger partial charge in [0, 0.05) is 34.7 Å². The summed E-state index contributed by atoms with van der Waals surface area (Å²) in [5, 5.41) is 1.73. The molecule has 0 aliphatic carbocycles. The first-order chi connectivity index (χ1) is 16.8. The second-order valence-electron chi connectivity index (χ2n) is 9.34. The smallest absolute Gasteiger partial charge is 0.311 e. The first-order valence-electron chi connectivity index (χ1n) is 13.2. The highest BCUT2D eigenvalue weighted by molar-refractivity contribution is 6.31. The minimum Gasteiger partial charge on any atom is -0.487 e. The number of fused-ring (bicyclic) bond motifs is 1. The molecule has 2 aromatic rings. The summed E-state index contributed by atoms with van der Waals surface area (Å²) in [6.07, 6.45) is 11.0. The Labute approximate surface area is 215 Å². The molecule has 5 nitrogen and oxygen atoms in total. The molecule has 0 N–H and O–H groups in total. The third-order valence-corrected chi connectivity index (χ3v) is 5.98. The summed E-state index contributed by atoms with van der Waals surface area (Å²) in [5.74, 6) is 0.470. The van der Waals surface area contributed by atoms with Crippen molar-refractivity contribution in [2.45, 2.75) is 111 Å². The van der Waals surface area contributed by atoms with Gasteiger partial charge >= 0.3 is 11.9 Å². The number of hydrogen-bond acceptors (Lipinski definition) is 5. The van der Waals surface area contributed by atoms with Crippen LogP contribution < -0.4 is 14.2 Å². The average Bonchev–Trinajstić information content (AvgIpc) is 2.80. The fraction of sp³-hybridized carbons (Fsp3) is 0.586. The van der Waals surface area contributed by atoms with Gasteiger partial charge in [-0.2, -0.15) is 0 Å². The quantitative estimate of drug-likeness (QED) is 0.130. The minimum atomic E-state index is -0.303. The number of benzene rings is 2. The Balaban J connectivity index is 2.26. The summed E-state index contributed by atoms with van der Waals surface area (Å²) in [4.78, 5) is 25.2. The van der Waals surface area contributed by atoms with Gasteiger partial charge in [0.25, 0.3) is 0 Å². The monoisotopic (exact) mass is 504 g/mol. The fourth-order valence-electron chi connectivity index (χ4n) is 3.93. The second-order valence-corrected chi connectivity index (χ2v) is 9.77. The first kappa shape index (κ1) is 29.0. The SMILES string of the molecule is CCCCCCCC(=O)Oc1cc(OC(C)C)c(OC(=O)CCCCCCC)c2ccc(Cl)cc12. The molecule has 0 spiro atoms. The molecule has 0 amide bonds. The van der Waals surface area contributed by atoms with E-state index in [0.717, 1.165) is 51.4 Å². The molecule has 6 heteroatoms. The van der Waals surface area contributed by atoms with Crippen molar-refractivity contribution in [1.29, 1.82) is 0 Å². The van der Waals surface area contributed by atoms with Crippen LogP contribution in [0.1, 0.15) is 105 Å². The van der Waals surface area contributed by atoms with E-state index < -0.39 is 0 Å². The number of unbranched alkanes of at least 4 members (excludes halogenated alkanes) is 8. The fourth-order valence-corrected chi connectivity index (χ4v) is 4.10. The van der Waals surface area contributed by atoms with Crippen molar-refractivity contribution in [2.24, 2.45) is 0 Å². The Hall–Kier alpha value is -2.27. The van der Waals surface area contributed by atoms with E-state index in [4.69, 9.17) is 25.8 Å². The van der Waals surface area contributed by atoms with Gasteiger partial charge < -0.3 is 14.2 Å². The number of ether oxygens (including phenoxy) is 3. The molecule has 0 aromatic heterocycles. The van der Waals surface area contributed by atoms with Crippen molar-refractivity contribution >= 4 is 34.3 Å². The van der Waals surface area contributed by atoms with Gasteiger partial charge in [-0.1, -0.05) is 76.8 Å². The molecule has 0 fully saturated rings. The van der Waals surface area contributed by atoms with Crippen molar-refractivity contribution in [3.8, 4) is 17.2 Å². The van der Waals surface area contributed by atoms with Crippen molar-refractivity contribution in [1.82, 2.24) is 0 Å². The maximum absolute atomic E-state index is 12.7. The van der Waals surface area contributed by atoms with Gasteiger partial charge in [-0.3, -0.25) is 9.59 Å². The number of hydrogen-bond donors (Lipinski definition) is 0. The van der Waals surface area contributed by atoms with Gasteiger partial charge in [-0.25, -0.2) is 0 Å². The maximum Gasteiger partial charge on any atom is 0.311 e. The molecule has 0 bridgehead atoms. The Morgan fingerprint density at radius 3 is 1.89 bits per heavy atom. The lowest BCUT2D eigenvalue weighted by Gasteiger charge is -2.19. The molecule has 194 valence electrons. The van der Waals surface area contributed by atoms with E-state index in [9.17, 15) is 9.59 Å². The molecule has 0 saturated carbocycles. The van der Waals surface area contributed by atoms with Crippen LogP contribution in [0.25, 0.3) is 10.8 Å². The summed E-state index contributed by atoms with van der Waals surface area (Å²) in [6, 6.07) is 6.86. The minimum absolute atomic E-state index is 0.159. The molecule has 0 unspecified atom stereocenters. The Bertz CT molecular complexity index is 954. The molecule has 0 aliphatic rings. The van der Waals surface area contributed by atoms with Crippen LogP contribution in [0, 0.1) is 0 Å². The molecule has 0 saturated heterocycles. The highest BCUT2D eigenvalue weighted by atomic mass is 35.5. The molecule has 2 rings (SSSR count). The van der Waals surface area contributed by atoms with E-state index >= 15 is 0 Å². The summed E-state index contributed by atoms with van der Waals surface area (Å²) in [5.41, 5.74) is 0. The lowest BCUT2D eigenvalue weighted by atomic mass is 10.1. The molecule has 0 atom stereocenters. The molecule has 2 aromatic carbocycles. The van der Waals surface area contributed by atoms with Gasteiger partial charge in [0.15, 0.2) is 11.5 Å². The van der Waals surface area contributed by atoms with Crippen molar-refractivity contribution in [3.05, 3.63) is 29.3 Å². The van der Waals surface area contributed by atoms with E-state index in [1.165, 1.54) is 12.8 Å². The highest BCUT2D eigenvalue weighted by Gasteiger charge is 2.21. The molecule has 0 aliphatic heterocycles. The number of rotatable bonds is 16. The maximum atomic E-state index is 12.7. The van der Waals surface area contributed by atoms with Crippen LogP contribution in [0.2, 0.25) is 5.02 Å². The average molecular weight is 505 g/mol. The second kappa shape index (κ2) is 15.7. The van der Waals surface area contributed by atoms with Crippen molar-refractivity contribution in [2.75, 3.05) is 0 Å². The summed E-state index contributed by atoms with van der Waals surface area (Å²) in [6.45, 7) is 8.12. The molecule has 35 heavy (non-hydrogen) atoms. The van der Waals surface area contributed by atoms with Crippen LogP contribution in [-0.2, 0) is 9.59 Å². The molecule has 0 heterocycles. The van der Waals surface area contributed by atoms with Crippen LogP contribution in [0.15, 0.2) is 24.3 Å². The number of halogens is 1. The zero-order valence-corrected chi connectivity index (χ0v) is 22.5. The Morgan fingerprint density at radius 2 is 1.31 bits per heavy atom. The molecular formula is C29H41ClO5. The van der Waals surface area contributed by atoms with Crippen LogP contribution in [0.4, 0.5) is 0 Å². The first-order valence-corrected chi connectivity index (χ1v) is 13.6. The molecule has 0 radical (unpaired) electrons. The van der Waals surface area contributed by atoms with E-state index in [2.05, 4.69) is 13.8 Å². The number of carbonyl (C=O) groups is 2. The van der Waals surface area contributed by atoms with Gasteiger partial charge in [0.1, 0.15) is 5.75 Å². The largest absolute Gasteiger partial charge is 0.487 e. The number of esters is 2. The highest BCUT2D eigenvalue weighted by Crippen LogP contribution is 2.43. The van der Waals surface area contributed by atoms with Crippen LogP contribution >= 0.6 is 11.6 Å². The van der Waals surface area contributed by atoms with Crippen molar-refractivity contribution < 1.29 is 23.8 Å². The third kappa shape index (κ3) is 10.1. The Morgan fingerprint density at radius 1 is 0.743 bits per heavy atom. The van der Waals surface area contributed by atoms with Crippen molar-refractivity contribution in [3.63, 3.8) is 0 Å². The van der Waals surface area contributed by atoms with E-state index in [0.29, 0.717) is 45.9 Å². The van der Waals surface area contributed by atoms with Gasteiger partial charge in [0.2, 0.25) is 0 Å². The third-order valence-electron chi connectivity index (χ3n) is 5.75. The van der Waals surface area contributed by atoms with Crippen LogP contribution in [0.3, 0.4) is 0 Å². The van der Waals surface area contributed by atoms with E-state index in [1.54, 1.807) is 24.3 Å². The topological polar surface area (TPSA) is 61.8 Å². The van der Waals surface area contributed by atoms with Crippen LogP contribution in [-0.4, -0.2) is 18.0 Å². The standard InChI is InChI=1S/C29H41ClO5/c1-5-7-9-11-13-15-27(31)34-25-20-26(33-21(3)4)29(23-18-17-22(30)19-24(23)25)35-28(32)16-14-12-10-8-6-2/h17-21H,5-16H2,1-4H3. The van der Waals surface area contributed by atoms with E-state index in [-0.39, 0.29) is 18.0 Å². The summed E-state index contributed by atoms with van der Waals surface area (Å²) in [7, 11) is 0. The predicted octanol–water partition coefficient (Wildman–Crippen LogP) is 8.81. The summed E-state index contributed by atoms with van der Waals surface area (Å²) < 4.78 is 17.6. The summed E-state index contributed by atoms with van der Waals surface area (Å²) >= 11 is 6.27. The molecular weight excluding hydrogens is 464 g/mol. The zero-order valence-electron chi connectivity index (χ0n) is 21.8. The Kier molecular flexibility index (Phi) is 13.0. The lowest BCUT2D eigenvalue weighted by Crippen LogP contribution is -2.13. The van der Waals surface area contributed by atoms with Gasteiger partial charge in [-0.15, -0.1) is 0 Å². The van der Waals surface area contributed by atoms with Gasteiger partial charge in [0.05, 0.1) is 6.10 Å². The lowest BCUT2D eigenvalue weighted by molar-refractivity contribution is -0.135. The van der Waals surface area contributed by atoms with Crippen LogP contribution in [0.5, 0.6) is 17.2 Å². The van der Waals surface area contributed by atoms with E-state index in [1.807, 2.05) is 13.8 Å². The normalized spacial score (nSPS) is 11.1. The van der Waals surface area contributed by atoms with Gasteiger partial charge in [-0.05, 0) is 44.9 Å². The zero-order chi connectivity index (χ0) is 25.6.